The molecule has 7 nitrogen and oxygen atoms in total. The molecule has 0 amide bonds. The van der Waals surface area contributed by atoms with Crippen molar-refractivity contribution < 1.29 is 39.2 Å². The van der Waals surface area contributed by atoms with Gasteiger partial charge in [0.2, 0.25) is 5.89 Å². The molecule has 1 N–H and O–H groups in total. The van der Waals surface area contributed by atoms with Crippen molar-refractivity contribution in [2.75, 3.05) is 12.3 Å². The maximum atomic E-state index is 12.6. The highest BCUT2D eigenvalue weighted by atomic mass is 32.2. The summed E-state index contributed by atoms with van der Waals surface area (Å²) < 4.78 is 105. The summed E-state index contributed by atoms with van der Waals surface area (Å²) in [6, 6.07) is 5.95. The third-order valence-corrected chi connectivity index (χ3v) is 6.44. The van der Waals surface area contributed by atoms with Crippen LogP contribution in [0.2, 0.25) is 0 Å². The van der Waals surface area contributed by atoms with Crippen LogP contribution in [0.3, 0.4) is 0 Å². The molecule has 0 aliphatic rings. The molecule has 0 saturated carbocycles. The summed E-state index contributed by atoms with van der Waals surface area (Å²) in [5.41, 5.74) is -2.87. The number of oxazole rings is 1. The summed E-state index contributed by atoms with van der Waals surface area (Å²) in [6.45, 7) is 0.00426. The summed E-state index contributed by atoms with van der Waals surface area (Å²) in [4.78, 5) is 7.73. The Morgan fingerprint density at radius 1 is 1.12 bits per heavy atom. The highest BCUT2D eigenvalue weighted by Gasteiger charge is 2.30. The minimum atomic E-state index is -4.52. The molecule has 0 unspecified atom stereocenters. The molecule has 0 bridgehead atoms. The average Bonchev–Trinajstić information content (AvgIpc) is 3.12. The minimum absolute atomic E-state index is 0.00898. The van der Waals surface area contributed by atoms with Gasteiger partial charge in [-0.15, -0.1) is 0 Å². The van der Waals surface area contributed by atoms with Gasteiger partial charge in [0.15, 0.2) is 15.4 Å². The second kappa shape index (κ2) is 9.21. The fourth-order valence-corrected chi connectivity index (χ4v) is 4.13. The molecule has 33 heavy (non-hydrogen) atoms. The second-order valence-electron chi connectivity index (χ2n) is 6.39. The lowest BCUT2D eigenvalue weighted by Gasteiger charge is -2.07. The molecule has 1 aromatic carbocycles. The number of pyridine rings is 1. The number of hydrazone groups is 1. The molecule has 178 valence electrons. The minimum Gasteiger partial charge on any atom is -0.435 e. The van der Waals surface area contributed by atoms with E-state index in [1.54, 1.807) is 5.43 Å². The zero-order valence-electron chi connectivity index (χ0n) is 16.5. The van der Waals surface area contributed by atoms with Gasteiger partial charge < -0.3 is 9.84 Å². The van der Waals surface area contributed by atoms with E-state index in [4.69, 9.17) is 4.42 Å². The van der Waals surface area contributed by atoms with E-state index < -0.39 is 28.1 Å². The zero-order valence-corrected chi connectivity index (χ0v) is 18.2. The number of nitrogens with one attached hydrogen (secondary N) is 1. The Kier molecular flexibility index (Phi) is 6.93. The summed E-state index contributed by atoms with van der Waals surface area (Å²) in [5.74, 6) is -0.584. The quantitative estimate of drug-likeness (QED) is 0.211. The van der Waals surface area contributed by atoms with Crippen molar-refractivity contribution in [3.05, 3.63) is 36.0 Å². The number of benzene rings is 1. The van der Waals surface area contributed by atoms with Gasteiger partial charge in [-0.05, 0) is 42.1 Å². The van der Waals surface area contributed by atoms with Crippen LogP contribution in [0.4, 0.5) is 26.3 Å². The van der Waals surface area contributed by atoms with E-state index >= 15 is 0 Å². The Balaban J connectivity index is 2.03. The molecule has 3 aromatic rings. The number of hydrogen-bond acceptors (Lipinski definition) is 8. The molecule has 0 aliphatic heterocycles. The Bertz CT molecular complexity index is 1290. The molecule has 2 heterocycles. The van der Waals surface area contributed by atoms with E-state index in [1.807, 2.05) is 0 Å². The second-order valence-corrected chi connectivity index (χ2v) is 9.78. The number of nitrogens with zero attached hydrogens (tertiary/aromatic N) is 3. The number of thioether (sulfide) groups is 1. The normalized spacial score (nSPS) is 13.2. The summed E-state index contributed by atoms with van der Waals surface area (Å²) in [7, 11) is -3.83. The number of rotatable bonds is 7. The predicted octanol–water partition coefficient (Wildman–Crippen LogP) is 4.78. The van der Waals surface area contributed by atoms with Crippen molar-refractivity contribution in [1.29, 1.82) is 0 Å². The van der Waals surface area contributed by atoms with Crippen LogP contribution in [-0.2, 0) is 9.84 Å². The van der Waals surface area contributed by atoms with Gasteiger partial charge in [-0.3, -0.25) is 0 Å². The molecule has 15 heteroatoms. The monoisotopic (exact) mass is 512 g/mol. The van der Waals surface area contributed by atoms with Crippen LogP contribution in [0.15, 0.2) is 49.6 Å². The van der Waals surface area contributed by atoms with Crippen molar-refractivity contribution >= 4 is 38.9 Å². The summed E-state index contributed by atoms with van der Waals surface area (Å²) in [6.07, 6.45) is -3.55. The number of hydrogen-bond donors (Lipinski definition) is 1. The van der Waals surface area contributed by atoms with Gasteiger partial charge in [-0.2, -0.15) is 31.4 Å². The summed E-state index contributed by atoms with van der Waals surface area (Å²) >= 11 is -0.351. The van der Waals surface area contributed by atoms with Crippen LogP contribution in [0.25, 0.3) is 22.7 Å². The van der Waals surface area contributed by atoms with E-state index in [-0.39, 0.29) is 55.7 Å². The molecule has 3 rings (SSSR count). The van der Waals surface area contributed by atoms with Crippen molar-refractivity contribution in [1.82, 2.24) is 15.4 Å². The van der Waals surface area contributed by atoms with E-state index in [0.29, 0.717) is 0 Å². The molecule has 0 aliphatic carbocycles. The lowest BCUT2D eigenvalue weighted by Crippen LogP contribution is -2.25. The van der Waals surface area contributed by atoms with Gasteiger partial charge in [0.05, 0.1) is 22.6 Å². The molecule has 2 aromatic heterocycles. The first-order valence-corrected chi connectivity index (χ1v) is 11.5. The Hall–Kier alpha value is -2.81. The van der Waals surface area contributed by atoms with Crippen molar-refractivity contribution in [2.45, 2.75) is 28.4 Å². The zero-order chi connectivity index (χ0) is 24.4. The van der Waals surface area contributed by atoms with Crippen molar-refractivity contribution in [3.8, 4) is 11.6 Å². The molecular weight excluding hydrogens is 498 g/mol. The molecule has 0 radical (unpaired) electrons. The predicted molar refractivity (Wildman–Crippen MR) is 109 cm³/mol. The van der Waals surface area contributed by atoms with Crippen molar-refractivity contribution in [2.24, 2.45) is 5.10 Å². The Labute approximate surface area is 187 Å². The summed E-state index contributed by atoms with van der Waals surface area (Å²) in [5, 5.41) is 3.39. The van der Waals surface area contributed by atoms with Gasteiger partial charge >= 0.3 is 11.7 Å². The Morgan fingerprint density at radius 3 is 2.48 bits per heavy atom. The number of aromatic nitrogens is 2. The first-order valence-electron chi connectivity index (χ1n) is 9.00. The van der Waals surface area contributed by atoms with Crippen LogP contribution >= 0.6 is 11.8 Å². The largest absolute Gasteiger partial charge is 0.446 e. The van der Waals surface area contributed by atoms with E-state index in [9.17, 15) is 34.8 Å². The Morgan fingerprint density at radius 2 is 1.85 bits per heavy atom. The van der Waals surface area contributed by atoms with Gasteiger partial charge in [0.1, 0.15) is 17.8 Å². The number of fused-ring (bicyclic) bond motifs is 1. The average molecular weight is 512 g/mol. The van der Waals surface area contributed by atoms with Crippen LogP contribution in [0.1, 0.15) is 12.6 Å². The molecular formula is C18H14F6N4O3S2. The lowest BCUT2D eigenvalue weighted by atomic mass is 10.3. The first kappa shape index (κ1) is 24.8. The smallest absolute Gasteiger partial charge is 0.435 e. The lowest BCUT2D eigenvalue weighted by molar-refractivity contribution is -0.124. The van der Waals surface area contributed by atoms with Crippen LogP contribution in [-0.4, -0.2) is 48.6 Å². The molecule has 0 spiro atoms. The maximum absolute atomic E-state index is 12.6. The van der Waals surface area contributed by atoms with Gasteiger partial charge in [-0.25, -0.2) is 18.4 Å². The fourth-order valence-electron chi connectivity index (χ4n) is 2.55. The number of sulfone groups is 1. The molecule has 0 fully saturated rings. The number of alkyl halides is 6. The highest BCUT2D eigenvalue weighted by molar-refractivity contribution is 8.00. The van der Waals surface area contributed by atoms with Crippen molar-refractivity contribution in [3.63, 3.8) is 0 Å². The van der Waals surface area contributed by atoms with Crippen LogP contribution < -0.4 is 5.43 Å². The van der Waals surface area contributed by atoms with Gasteiger partial charge in [-0.1, -0.05) is 6.92 Å². The van der Waals surface area contributed by atoms with E-state index in [0.717, 1.165) is 12.3 Å². The van der Waals surface area contributed by atoms with E-state index in [1.165, 1.54) is 31.2 Å². The standard InChI is InChI=1S/C18H14F6N4O3S2/c1-2-33(29,30)14-6-3-10(8-25-26-9-17(19,20)21)27-15(14)16-28-12-7-11(32-18(22,23)24)4-5-13(12)31-16/h3-8,26H,2,9H2,1H3/b25-8+. The highest BCUT2D eigenvalue weighted by Crippen LogP contribution is 2.38. The molecule has 0 atom stereocenters. The number of halogens is 6. The van der Waals surface area contributed by atoms with Crippen LogP contribution in [0.5, 0.6) is 0 Å². The molecule has 0 saturated heterocycles. The topological polar surface area (TPSA) is 97.5 Å². The fraction of sp³-hybridized carbons (Fsp3) is 0.278. The first-order chi connectivity index (χ1) is 15.3. The van der Waals surface area contributed by atoms with Crippen LogP contribution in [0, 0.1) is 0 Å². The van der Waals surface area contributed by atoms with E-state index in [2.05, 4.69) is 15.1 Å². The SMILES string of the molecule is CCS(=O)(=O)c1ccc(/C=N/NCC(F)(F)F)nc1-c1nc2cc(SC(F)(F)F)ccc2o1. The van der Waals surface area contributed by atoms with Gasteiger partial charge in [0, 0.05) is 4.90 Å². The third kappa shape index (κ3) is 6.60. The maximum Gasteiger partial charge on any atom is 0.446 e. The van der Waals surface area contributed by atoms with Gasteiger partial charge in [0.25, 0.3) is 0 Å². The third-order valence-electron chi connectivity index (χ3n) is 3.96.